The van der Waals surface area contributed by atoms with Crippen molar-refractivity contribution >= 4 is 17.7 Å². The summed E-state index contributed by atoms with van der Waals surface area (Å²) in [6, 6.07) is 1.30. The zero-order valence-electron chi connectivity index (χ0n) is 12.6. The lowest BCUT2D eigenvalue weighted by atomic mass is 9.84. The van der Waals surface area contributed by atoms with Gasteiger partial charge in [-0.3, -0.25) is 14.4 Å². The monoisotopic (exact) mass is 307 g/mol. The van der Waals surface area contributed by atoms with Crippen LogP contribution in [0.25, 0.3) is 0 Å². The molecule has 1 heterocycles. The number of aryl methyl sites for hydroxylation is 1. The highest BCUT2D eigenvalue weighted by molar-refractivity contribution is 5.97. The van der Waals surface area contributed by atoms with Crippen LogP contribution in [0.5, 0.6) is 0 Å². The van der Waals surface area contributed by atoms with Gasteiger partial charge in [0.05, 0.1) is 24.3 Å². The number of carbonyl (C=O) groups is 3. The van der Waals surface area contributed by atoms with Gasteiger partial charge in [0, 0.05) is 6.04 Å². The average Bonchev–Trinajstić information content (AvgIpc) is 2.91. The third-order valence-corrected chi connectivity index (χ3v) is 3.99. The number of nitrogens with two attached hydrogens (primary N) is 1. The maximum absolute atomic E-state index is 11.9. The third kappa shape index (κ3) is 3.87. The van der Waals surface area contributed by atoms with Gasteiger partial charge in [-0.15, -0.1) is 0 Å². The molecule has 0 aliphatic heterocycles. The van der Waals surface area contributed by atoms with Crippen molar-refractivity contribution in [2.45, 2.75) is 38.6 Å². The van der Waals surface area contributed by atoms with E-state index in [1.54, 1.807) is 13.0 Å². The van der Waals surface area contributed by atoms with Gasteiger partial charge in [-0.1, -0.05) is 12.8 Å². The molecule has 7 nitrogen and oxygen atoms in total. The number of furan rings is 1. The number of hydrogen-bond acceptors (Lipinski definition) is 4. The van der Waals surface area contributed by atoms with Crippen molar-refractivity contribution in [2.24, 2.45) is 11.7 Å². The Labute approximate surface area is 128 Å². The smallest absolute Gasteiger partial charge is 0.255 e. The molecule has 2 atom stereocenters. The van der Waals surface area contributed by atoms with Crippen molar-refractivity contribution in [3.05, 3.63) is 23.7 Å². The van der Waals surface area contributed by atoms with E-state index in [1.807, 2.05) is 0 Å². The van der Waals surface area contributed by atoms with Crippen molar-refractivity contribution in [1.82, 2.24) is 10.6 Å². The maximum atomic E-state index is 11.9. The Balaban J connectivity index is 1.83. The lowest BCUT2D eigenvalue weighted by molar-refractivity contribution is -0.125. The van der Waals surface area contributed by atoms with Gasteiger partial charge in [0.15, 0.2) is 0 Å². The average molecular weight is 307 g/mol. The summed E-state index contributed by atoms with van der Waals surface area (Å²) in [7, 11) is 0. The number of primary amides is 1. The molecule has 7 heteroatoms. The summed E-state index contributed by atoms with van der Waals surface area (Å²) >= 11 is 0. The summed E-state index contributed by atoms with van der Waals surface area (Å²) in [5.74, 6) is -0.907. The predicted molar refractivity (Wildman–Crippen MR) is 78.9 cm³/mol. The van der Waals surface area contributed by atoms with Crippen LogP contribution in [0.3, 0.4) is 0 Å². The van der Waals surface area contributed by atoms with Crippen LogP contribution in [-0.4, -0.2) is 30.3 Å². The minimum absolute atomic E-state index is 0.147. The lowest BCUT2D eigenvalue weighted by Crippen LogP contribution is -2.49. The molecule has 0 saturated heterocycles. The Hall–Kier alpha value is -2.31. The molecule has 1 aliphatic carbocycles. The molecule has 1 fully saturated rings. The Bertz CT molecular complexity index is 567. The van der Waals surface area contributed by atoms with E-state index in [4.69, 9.17) is 10.2 Å². The molecule has 0 aromatic carbocycles. The zero-order chi connectivity index (χ0) is 16.1. The molecule has 0 radical (unpaired) electrons. The van der Waals surface area contributed by atoms with Crippen LogP contribution in [0.2, 0.25) is 0 Å². The fourth-order valence-electron chi connectivity index (χ4n) is 2.78. The van der Waals surface area contributed by atoms with E-state index >= 15 is 0 Å². The zero-order valence-corrected chi connectivity index (χ0v) is 12.6. The maximum Gasteiger partial charge on any atom is 0.255 e. The third-order valence-electron chi connectivity index (χ3n) is 3.99. The Morgan fingerprint density at radius 3 is 2.68 bits per heavy atom. The van der Waals surface area contributed by atoms with Crippen LogP contribution < -0.4 is 16.4 Å². The summed E-state index contributed by atoms with van der Waals surface area (Å²) < 4.78 is 5.04. The molecule has 0 unspecified atom stereocenters. The molecule has 1 aliphatic rings. The summed E-state index contributed by atoms with van der Waals surface area (Å²) in [6.07, 6.45) is 4.74. The molecule has 4 N–H and O–H groups in total. The van der Waals surface area contributed by atoms with Crippen LogP contribution in [0.1, 0.15) is 41.8 Å². The standard InChI is InChI=1S/C15H21N3O4/c1-9-10(6-7-22-9)15(21)17-8-13(19)18-12-5-3-2-4-11(12)14(16)20/h6-7,11-12H,2-5,8H2,1H3,(H2,16,20)(H,17,21)(H,18,19)/t11-,12+/m1/s1. The highest BCUT2D eigenvalue weighted by Crippen LogP contribution is 2.24. The fraction of sp³-hybridized carbons (Fsp3) is 0.533. The van der Waals surface area contributed by atoms with Gasteiger partial charge in [0.25, 0.3) is 5.91 Å². The second-order valence-corrected chi connectivity index (χ2v) is 5.54. The SMILES string of the molecule is Cc1occc1C(=O)NCC(=O)N[C@H]1CCCC[C@H]1C(N)=O. The van der Waals surface area contributed by atoms with Crippen molar-refractivity contribution in [3.63, 3.8) is 0 Å². The van der Waals surface area contributed by atoms with Crippen LogP contribution in [0.4, 0.5) is 0 Å². The molecular formula is C15H21N3O4. The van der Waals surface area contributed by atoms with Gasteiger partial charge >= 0.3 is 0 Å². The Morgan fingerprint density at radius 1 is 1.32 bits per heavy atom. The molecule has 22 heavy (non-hydrogen) atoms. The first-order chi connectivity index (χ1) is 10.5. The van der Waals surface area contributed by atoms with Gasteiger partial charge in [0.1, 0.15) is 5.76 Å². The predicted octanol–water partition coefficient (Wildman–Crippen LogP) is 0.478. The topological polar surface area (TPSA) is 114 Å². The second kappa shape index (κ2) is 7.11. The van der Waals surface area contributed by atoms with Gasteiger partial charge in [-0.2, -0.15) is 0 Å². The molecule has 1 aromatic heterocycles. The van der Waals surface area contributed by atoms with E-state index in [2.05, 4.69) is 10.6 Å². The molecule has 1 saturated carbocycles. The number of amides is 3. The highest BCUT2D eigenvalue weighted by Gasteiger charge is 2.30. The Morgan fingerprint density at radius 2 is 2.05 bits per heavy atom. The van der Waals surface area contributed by atoms with E-state index in [9.17, 15) is 14.4 Å². The number of carbonyl (C=O) groups excluding carboxylic acids is 3. The summed E-state index contributed by atoms with van der Waals surface area (Å²) in [5, 5.41) is 5.32. The second-order valence-electron chi connectivity index (χ2n) is 5.54. The summed E-state index contributed by atoms with van der Waals surface area (Å²) in [5.41, 5.74) is 5.77. The van der Waals surface area contributed by atoms with Gasteiger partial charge in [-0.25, -0.2) is 0 Å². The summed E-state index contributed by atoms with van der Waals surface area (Å²) in [4.78, 5) is 35.2. The van der Waals surface area contributed by atoms with Crippen molar-refractivity contribution in [2.75, 3.05) is 6.54 Å². The van der Waals surface area contributed by atoms with Gasteiger partial charge in [-0.05, 0) is 25.8 Å². The molecule has 120 valence electrons. The van der Waals surface area contributed by atoms with Gasteiger partial charge in [0.2, 0.25) is 11.8 Å². The van der Waals surface area contributed by atoms with E-state index < -0.39 is 0 Å². The first-order valence-electron chi connectivity index (χ1n) is 7.40. The summed E-state index contributed by atoms with van der Waals surface area (Å²) in [6.45, 7) is 1.53. The minimum atomic E-state index is -0.386. The number of rotatable bonds is 5. The minimum Gasteiger partial charge on any atom is -0.469 e. The van der Waals surface area contributed by atoms with Gasteiger partial charge < -0.3 is 20.8 Å². The largest absolute Gasteiger partial charge is 0.469 e. The molecule has 0 bridgehead atoms. The lowest BCUT2D eigenvalue weighted by Gasteiger charge is -2.29. The van der Waals surface area contributed by atoms with E-state index in [-0.39, 0.29) is 36.2 Å². The van der Waals surface area contributed by atoms with Crippen molar-refractivity contribution in [3.8, 4) is 0 Å². The van der Waals surface area contributed by atoms with Crippen LogP contribution in [0.15, 0.2) is 16.7 Å². The number of hydrogen-bond donors (Lipinski definition) is 3. The van der Waals surface area contributed by atoms with E-state index in [1.165, 1.54) is 6.26 Å². The fourth-order valence-corrected chi connectivity index (χ4v) is 2.78. The highest BCUT2D eigenvalue weighted by atomic mass is 16.3. The first kappa shape index (κ1) is 16.1. The molecule has 0 spiro atoms. The molecule has 1 aromatic rings. The Kier molecular flexibility index (Phi) is 5.19. The van der Waals surface area contributed by atoms with Crippen LogP contribution in [-0.2, 0) is 9.59 Å². The number of nitrogens with one attached hydrogen (secondary N) is 2. The van der Waals surface area contributed by atoms with Crippen LogP contribution in [0, 0.1) is 12.8 Å². The van der Waals surface area contributed by atoms with Crippen LogP contribution >= 0.6 is 0 Å². The quantitative estimate of drug-likeness (QED) is 0.734. The molecule has 3 amide bonds. The molecule has 2 rings (SSSR count). The van der Waals surface area contributed by atoms with Crippen molar-refractivity contribution < 1.29 is 18.8 Å². The van der Waals surface area contributed by atoms with Crippen molar-refractivity contribution in [1.29, 1.82) is 0 Å². The normalized spacial score (nSPS) is 21.1. The van der Waals surface area contributed by atoms with E-state index in [0.29, 0.717) is 17.7 Å². The first-order valence-corrected chi connectivity index (χ1v) is 7.40. The molecular weight excluding hydrogens is 286 g/mol. The van der Waals surface area contributed by atoms with E-state index in [0.717, 1.165) is 19.3 Å².